The molecule has 2 aromatic rings. The number of hydrogen-bond donors (Lipinski definition) is 1. The molecule has 1 fully saturated rings. The number of nitrogens with zero attached hydrogens (tertiary/aromatic N) is 3. The average Bonchev–Trinajstić information content (AvgIpc) is 3.29. The van der Waals surface area contributed by atoms with E-state index in [0.717, 1.165) is 56.3 Å². The summed E-state index contributed by atoms with van der Waals surface area (Å²) in [6.45, 7) is 4.86. The van der Waals surface area contributed by atoms with Crippen LogP contribution in [0, 0.1) is 0 Å². The van der Waals surface area contributed by atoms with E-state index in [1.807, 2.05) is 12.3 Å². The lowest BCUT2D eigenvalue weighted by Crippen LogP contribution is -2.31. The Morgan fingerprint density at radius 3 is 2.93 bits per heavy atom. The van der Waals surface area contributed by atoms with Gasteiger partial charge >= 0.3 is 0 Å². The summed E-state index contributed by atoms with van der Waals surface area (Å²) >= 11 is 0. The van der Waals surface area contributed by atoms with Crippen LogP contribution in [0.4, 0.5) is 0 Å². The Bertz CT molecular complexity index is 824. The summed E-state index contributed by atoms with van der Waals surface area (Å²) in [5, 5.41) is 3.49. The number of benzene rings is 1. The first-order valence-electron chi connectivity index (χ1n) is 10.4. The summed E-state index contributed by atoms with van der Waals surface area (Å²) in [7, 11) is 3.34. The molecule has 1 atom stereocenters. The monoisotopic (exact) mass is 398 g/mol. The number of fused-ring (bicyclic) bond motifs is 1. The van der Waals surface area contributed by atoms with Crippen molar-refractivity contribution in [1.82, 2.24) is 20.2 Å². The maximum absolute atomic E-state index is 5.73. The fourth-order valence-corrected chi connectivity index (χ4v) is 4.02. The molecule has 1 aromatic heterocycles. The Morgan fingerprint density at radius 1 is 1.21 bits per heavy atom. The number of ether oxygens (including phenoxy) is 3. The lowest BCUT2D eigenvalue weighted by Gasteiger charge is -2.28. The minimum absolute atomic E-state index is 0.329. The van der Waals surface area contributed by atoms with E-state index in [9.17, 15) is 0 Å². The first-order chi connectivity index (χ1) is 14.3. The van der Waals surface area contributed by atoms with Gasteiger partial charge in [0.2, 0.25) is 0 Å². The third-order valence-corrected chi connectivity index (χ3v) is 5.58. The molecule has 7 nitrogen and oxygen atoms in total. The summed E-state index contributed by atoms with van der Waals surface area (Å²) < 4.78 is 16.3. The van der Waals surface area contributed by atoms with Crippen LogP contribution in [-0.4, -0.2) is 55.4 Å². The minimum atomic E-state index is 0.329. The zero-order valence-corrected chi connectivity index (χ0v) is 17.3. The van der Waals surface area contributed by atoms with Crippen LogP contribution in [-0.2, 0) is 24.2 Å². The van der Waals surface area contributed by atoms with Crippen molar-refractivity contribution < 1.29 is 14.2 Å². The molecule has 0 aliphatic carbocycles. The van der Waals surface area contributed by atoms with E-state index in [1.54, 1.807) is 14.2 Å². The summed E-state index contributed by atoms with van der Waals surface area (Å²) in [4.78, 5) is 11.9. The van der Waals surface area contributed by atoms with E-state index >= 15 is 0 Å². The highest BCUT2D eigenvalue weighted by Crippen LogP contribution is 2.29. The van der Waals surface area contributed by atoms with Crippen molar-refractivity contribution in [3.63, 3.8) is 0 Å². The Morgan fingerprint density at radius 2 is 2.14 bits per heavy atom. The van der Waals surface area contributed by atoms with Gasteiger partial charge in [-0.1, -0.05) is 6.07 Å². The summed E-state index contributed by atoms with van der Waals surface area (Å²) in [5.74, 6) is 2.47. The van der Waals surface area contributed by atoms with Crippen LogP contribution in [0.15, 0.2) is 24.4 Å². The molecule has 1 unspecified atom stereocenters. The van der Waals surface area contributed by atoms with Gasteiger partial charge in [0.1, 0.15) is 12.4 Å². The second-order valence-electron chi connectivity index (χ2n) is 7.64. The standard InChI is InChI=1S/C22H30N4O3/c1-27-10-11-29-20-6-5-16(12-21(20)28-2)14-26-9-7-18-17(15-26)13-24-22(25-18)19-4-3-8-23-19/h5-6,12-13,19,23H,3-4,7-11,14-15H2,1-2H3. The second-order valence-corrected chi connectivity index (χ2v) is 7.64. The van der Waals surface area contributed by atoms with Gasteiger partial charge < -0.3 is 19.5 Å². The third-order valence-electron chi connectivity index (χ3n) is 5.58. The highest BCUT2D eigenvalue weighted by molar-refractivity contribution is 5.43. The lowest BCUT2D eigenvalue weighted by atomic mass is 10.1. The van der Waals surface area contributed by atoms with Crippen LogP contribution in [0.1, 0.15) is 41.5 Å². The number of aromatic nitrogens is 2. The van der Waals surface area contributed by atoms with Crippen molar-refractivity contribution in [2.24, 2.45) is 0 Å². The average molecular weight is 399 g/mol. The molecule has 0 radical (unpaired) electrons. The number of hydrogen-bond acceptors (Lipinski definition) is 7. The first kappa shape index (κ1) is 20.1. The van der Waals surface area contributed by atoms with Gasteiger partial charge in [0, 0.05) is 50.6 Å². The molecule has 4 rings (SSSR count). The van der Waals surface area contributed by atoms with Crippen molar-refractivity contribution >= 4 is 0 Å². The molecule has 1 aromatic carbocycles. The van der Waals surface area contributed by atoms with Crippen molar-refractivity contribution in [3.8, 4) is 11.5 Å². The highest BCUT2D eigenvalue weighted by Gasteiger charge is 2.23. The van der Waals surface area contributed by atoms with Crippen LogP contribution >= 0.6 is 0 Å². The van der Waals surface area contributed by atoms with Gasteiger partial charge in [-0.3, -0.25) is 4.90 Å². The molecule has 1 saturated heterocycles. The molecule has 2 aliphatic heterocycles. The lowest BCUT2D eigenvalue weighted by molar-refractivity contribution is 0.144. The fourth-order valence-electron chi connectivity index (χ4n) is 4.02. The fraction of sp³-hybridized carbons (Fsp3) is 0.545. The van der Waals surface area contributed by atoms with Gasteiger partial charge in [-0.25, -0.2) is 9.97 Å². The zero-order valence-electron chi connectivity index (χ0n) is 17.3. The molecular formula is C22H30N4O3. The number of nitrogens with one attached hydrogen (secondary N) is 1. The summed E-state index contributed by atoms with van der Waals surface area (Å²) in [6.07, 6.45) is 5.33. The molecule has 0 bridgehead atoms. The smallest absolute Gasteiger partial charge is 0.161 e. The van der Waals surface area contributed by atoms with E-state index in [0.29, 0.717) is 19.3 Å². The van der Waals surface area contributed by atoms with E-state index in [4.69, 9.17) is 19.2 Å². The predicted molar refractivity (Wildman–Crippen MR) is 110 cm³/mol. The first-order valence-corrected chi connectivity index (χ1v) is 10.4. The van der Waals surface area contributed by atoms with Crippen LogP contribution < -0.4 is 14.8 Å². The van der Waals surface area contributed by atoms with Crippen molar-refractivity contribution in [2.45, 2.75) is 38.4 Å². The van der Waals surface area contributed by atoms with Gasteiger partial charge in [-0.05, 0) is 37.1 Å². The maximum atomic E-state index is 5.73. The summed E-state index contributed by atoms with van der Waals surface area (Å²) in [5.41, 5.74) is 3.65. The predicted octanol–water partition coefficient (Wildman–Crippen LogP) is 2.49. The van der Waals surface area contributed by atoms with E-state index in [1.165, 1.54) is 23.2 Å². The number of rotatable bonds is 8. The molecule has 0 saturated carbocycles. The second kappa shape index (κ2) is 9.52. The Labute approximate surface area is 172 Å². The Kier molecular flexibility index (Phi) is 6.59. The Hall–Kier alpha value is -2.22. The molecule has 7 heteroatoms. The van der Waals surface area contributed by atoms with Crippen molar-refractivity contribution in [1.29, 1.82) is 0 Å². The van der Waals surface area contributed by atoms with Gasteiger partial charge in [-0.15, -0.1) is 0 Å². The van der Waals surface area contributed by atoms with Gasteiger partial charge in [0.05, 0.1) is 19.8 Å². The number of methoxy groups -OCH3 is 2. The van der Waals surface area contributed by atoms with E-state index < -0.39 is 0 Å². The van der Waals surface area contributed by atoms with Crippen LogP contribution in [0.5, 0.6) is 11.5 Å². The topological polar surface area (TPSA) is 68.7 Å². The van der Waals surface area contributed by atoms with Crippen molar-refractivity contribution in [2.75, 3.05) is 40.5 Å². The minimum Gasteiger partial charge on any atom is -0.493 e. The largest absolute Gasteiger partial charge is 0.493 e. The van der Waals surface area contributed by atoms with Crippen LogP contribution in [0.2, 0.25) is 0 Å². The maximum Gasteiger partial charge on any atom is 0.161 e. The quantitative estimate of drug-likeness (QED) is 0.685. The van der Waals surface area contributed by atoms with Gasteiger partial charge in [0.25, 0.3) is 0 Å². The van der Waals surface area contributed by atoms with E-state index in [-0.39, 0.29) is 0 Å². The Balaban J connectivity index is 1.39. The molecule has 1 N–H and O–H groups in total. The molecule has 0 amide bonds. The zero-order chi connectivity index (χ0) is 20.1. The summed E-state index contributed by atoms with van der Waals surface area (Å²) in [6, 6.07) is 6.47. The van der Waals surface area contributed by atoms with E-state index in [2.05, 4.69) is 27.3 Å². The molecule has 0 spiro atoms. The SMILES string of the molecule is COCCOc1ccc(CN2CCc3nc(C4CCCN4)ncc3C2)cc1OC. The van der Waals surface area contributed by atoms with Gasteiger partial charge in [0.15, 0.2) is 11.5 Å². The molecule has 29 heavy (non-hydrogen) atoms. The third kappa shape index (κ3) is 4.86. The van der Waals surface area contributed by atoms with Gasteiger partial charge in [-0.2, -0.15) is 0 Å². The molecule has 2 aliphatic rings. The van der Waals surface area contributed by atoms with Crippen molar-refractivity contribution in [3.05, 3.63) is 47.0 Å². The highest BCUT2D eigenvalue weighted by atomic mass is 16.5. The van der Waals surface area contributed by atoms with Crippen LogP contribution in [0.25, 0.3) is 0 Å². The molecular weight excluding hydrogens is 368 g/mol. The molecule has 3 heterocycles. The molecule has 156 valence electrons. The normalized spacial score (nSPS) is 19.2. The van der Waals surface area contributed by atoms with Crippen LogP contribution in [0.3, 0.4) is 0 Å².